The standard InChI is InChI=1S/C31H34N8O2/c1-4-28(40)38-16-15-37(20-26(38)18-32-2)30-29-33-19-25(17-23-11-7-10-22-9-5-6-13-27(22)23)39(29)35-31(34-30)41-21-24-12-8-14-36(24)3/h4-7,9-11,13,19,24,26H,1,8,12,14-18,20-21H2,3H3/t24-,26-/m0/s1. The maximum Gasteiger partial charge on any atom is 0.336 e. The molecule has 2 aliphatic heterocycles. The summed E-state index contributed by atoms with van der Waals surface area (Å²) in [4.78, 5) is 31.9. The molecule has 4 aromatic rings. The Kier molecular flexibility index (Phi) is 7.53. The molecule has 2 fully saturated rings. The van der Waals surface area contributed by atoms with Crippen LogP contribution in [0.4, 0.5) is 5.82 Å². The zero-order valence-electron chi connectivity index (χ0n) is 23.3. The van der Waals surface area contributed by atoms with E-state index in [0.717, 1.165) is 25.1 Å². The number of aromatic nitrogens is 4. The number of hydrogen-bond acceptors (Lipinski definition) is 7. The van der Waals surface area contributed by atoms with Gasteiger partial charge < -0.3 is 24.3 Å². The Bertz CT molecular complexity index is 1620. The highest BCUT2D eigenvalue weighted by atomic mass is 16.5. The number of piperazine rings is 1. The van der Waals surface area contributed by atoms with Crippen LogP contribution in [-0.4, -0.2) is 93.8 Å². The first-order valence-corrected chi connectivity index (χ1v) is 14.1. The Morgan fingerprint density at radius 2 is 2.02 bits per heavy atom. The predicted molar refractivity (Wildman–Crippen MR) is 158 cm³/mol. The molecule has 2 aliphatic rings. The minimum atomic E-state index is -0.275. The molecule has 4 heterocycles. The van der Waals surface area contributed by atoms with Crippen LogP contribution in [0, 0.1) is 6.57 Å². The third kappa shape index (κ3) is 5.33. The lowest BCUT2D eigenvalue weighted by atomic mass is 10.0. The van der Waals surface area contributed by atoms with Crippen molar-refractivity contribution in [3.8, 4) is 6.01 Å². The largest absolute Gasteiger partial charge is 0.461 e. The molecule has 2 atom stereocenters. The summed E-state index contributed by atoms with van der Waals surface area (Å²) in [6.07, 6.45) is 6.06. The second-order valence-electron chi connectivity index (χ2n) is 10.8. The second kappa shape index (κ2) is 11.6. The van der Waals surface area contributed by atoms with E-state index >= 15 is 0 Å². The fourth-order valence-corrected chi connectivity index (χ4v) is 6.01. The van der Waals surface area contributed by atoms with Crippen molar-refractivity contribution in [2.75, 3.05) is 51.3 Å². The van der Waals surface area contributed by atoms with Crippen molar-refractivity contribution in [3.63, 3.8) is 0 Å². The number of likely N-dealkylation sites (tertiary alicyclic amines) is 1. The fraction of sp³-hybridized carbons (Fsp3) is 0.387. The molecule has 2 saturated heterocycles. The number of amides is 1. The smallest absolute Gasteiger partial charge is 0.336 e. The molecule has 2 aromatic carbocycles. The topological polar surface area (TPSA) is 83.5 Å². The van der Waals surface area contributed by atoms with Gasteiger partial charge in [0.1, 0.15) is 12.6 Å². The van der Waals surface area contributed by atoms with Gasteiger partial charge in [-0.25, -0.2) is 16.1 Å². The predicted octanol–water partition coefficient (Wildman–Crippen LogP) is 3.46. The van der Waals surface area contributed by atoms with Crippen molar-refractivity contribution in [1.29, 1.82) is 0 Å². The molecule has 0 N–H and O–H groups in total. The fourth-order valence-electron chi connectivity index (χ4n) is 6.01. The van der Waals surface area contributed by atoms with Gasteiger partial charge in [0.15, 0.2) is 11.5 Å². The summed E-state index contributed by atoms with van der Waals surface area (Å²) >= 11 is 0. The van der Waals surface area contributed by atoms with Gasteiger partial charge in [-0.3, -0.25) is 4.79 Å². The molecule has 0 bridgehead atoms. The molecule has 6 rings (SSSR count). The van der Waals surface area contributed by atoms with Crippen LogP contribution in [0.1, 0.15) is 24.1 Å². The minimum absolute atomic E-state index is 0.158. The van der Waals surface area contributed by atoms with Gasteiger partial charge in [-0.1, -0.05) is 49.0 Å². The van der Waals surface area contributed by atoms with E-state index in [1.54, 1.807) is 4.90 Å². The van der Waals surface area contributed by atoms with Gasteiger partial charge in [0.25, 0.3) is 0 Å². The normalized spacial score (nSPS) is 19.5. The first-order valence-electron chi connectivity index (χ1n) is 14.1. The number of benzene rings is 2. The van der Waals surface area contributed by atoms with Crippen molar-refractivity contribution >= 4 is 28.1 Å². The van der Waals surface area contributed by atoms with Crippen molar-refractivity contribution in [2.24, 2.45) is 0 Å². The lowest BCUT2D eigenvalue weighted by Crippen LogP contribution is -2.56. The molecule has 10 nitrogen and oxygen atoms in total. The molecule has 0 aliphatic carbocycles. The Morgan fingerprint density at radius 1 is 1.17 bits per heavy atom. The number of fused-ring (bicyclic) bond motifs is 2. The Labute approximate surface area is 239 Å². The highest BCUT2D eigenvalue weighted by Crippen LogP contribution is 2.27. The van der Waals surface area contributed by atoms with E-state index in [0.29, 0.717) is 56.2 Å². The Morgan fingerprint density at radius 3 is 2.83 bits per heavy atom. The average Bonchev–Trinajstić information content (AvgIpc) is 3.61. The van der Waals surface area contributed by atoms with Crippen LogP contribution in [0.5, 0.6) is 6.01 Å². The van der Waals surface area contributed by atoms with Crippen LogP contribution in [0.2, 0.25) is 0 Å². The summed E-state index contributed by atoms with van der Waals surface area (Å²) in [5.74, 6) is 0.494. The van der Waals surface area contributed by atoms with E-state index in [-0.39, 0.29) is 18.5 Å². The lowest BCUT2D eigenvalue weighted by molar-refractivity contribution is -0.128. The van der Waals surface area contributed by atoms with Crippen LogP contribution in [0.25, 0.3) is 21.3 Å². The zero-order valence-corrected chi connectivity index (χ0v) is 23.3. The third-order valence-corrected chi connectivity index (χ3v) is 8.27. The van der Waals surface area contributed by atoms with Gasteiger partial charge >= 0.3 is 6.01 Å². The first kappa shape index (κ1) is 26.7. The second-order valence-corrected chi connectivity index (χ2v) is 10.8. The molecule has 41 heavy (non-hydrogen) atoms. The van der Waals surface area contributed by atoms with Gasteiger partial charge in [0, 0.05) is 32.1 Å². The maximum absolute atomic E-state index is 12.5. The van der Waals surface area contributed by atoms with E-state index < -0.39 is 0 Å². The summed E-state index contributed by atoms with van der Waals surface area (Å²) in [6.45, 7) is 14.4. The number of nitrogens with zero attached hydrogens (tertiary/aromatic N) is 8. The number of carbonyl (C=O) groups excluding carboxylic acids is 1. The zero-order chi connectivity index (χ0) is 28.3. The van der Waals surface area contributed by atoms with Crippen molar-refractivity contribution in [3.05, 3.63) is 84.0 Å². The van der Waals surface area contributed by atoms with Crippen LogP contribution in [-0.2, 0) is 11.2 Å². The highest BCUT2D eigenvalue weighted by molar-refractivity contribution is 5.88. The summed E-state index contributed by atoms with van der Waals surface area (Å²) in [6, 6.07) is 15.1. The number of rotatable bonds is 8. The highest BCUT2D eigenvalue weighted by Gasteiger charge is 2.34. The van der Waals surface area contributed by atoms with Crippen molar-refractivity contribution in [1.82, 2.24) is 29.4 Å². The number of imidazole rings is 1. The summed E-state index contributed by atoms with van der Waals surface area (Å²) in [5.41, 5.74) is 2.76. The van der Waals surface area contributed by atoms with Crippen LogP contribution in [0.3, 0.4) is 0 Å². The summed E-state index contributed by atoms with van der Waals surface area (Å²) < 4.78 is 8.08. The Hall–Kier alpha value is -4.49. The SMILES string of the molecule is [C-]#[N+]C[C@H]1CN(c2nc(OC[C@@H]3CCCN3C)nn3c(Cc4cccc5ccccc45)cnc23)CCN1C(=O)C=C. The number of hydrogen-bond donors (Lipinski definition) is 0. The first-order chi connectivity index (χ1) is 20.1. The monoisotopic (exact) mass is 550 g/mol. The lowest BCUT2D eigenvalue weighted by Gasteiger charge is -2.39. The van der Waals surface area contributed by atoms with E-state index in [9.17, 15) is 4.79 Å². The maximum atomic E-state index is 12.5. The van der Waals surface area contributed by atoms with Crippen LogP contribution < -0.4 is 9.64 Å². The van der Waals surface area contributed by atoms with E-state index in [1.807, 2.05) is 10.7 Å². The molecular weight excluding hydrogens is 516 g/mol. The number of likely N-dealkylation sites (N-methyl/N-ethyl adjacent to an activating group) is 1. The molecule has 0 unspecified atom stereocenters. The molecule has 0 radical (unpaired) electrons. The molecule has 2 aromatic heterocycles. The van der Waals surface area contributed by atoms with E-state index in [1.165, 1.54) is 22.4 Å². The summed E-state index contributed by atoms with van der Waals surface area (Å²) in [7, 11) is 2.12. The van der Waals surface area contributed by atoms with Gasteiger partial charge in [-0.05, 0) is 48.8 Å². The quantitative estimate of drug-likeness (QED) is 0.245. The minimum Gasteiger partial charge on any atom is -0.461 e. The number of anilines is 1. The summed E-state index contributed by atoms with van der Waals surface area (Å²) in [5, 5.41) is 7.20. The number of carbonyl (C=O) groups is 1. The van der Waals surface area contributed by atoms with E-state index in [2.05, 4.69) is 70.7 Å². The van der Waals surface area contributed by atoms with Crippen molar-refractivity contribution < 1.29 is 9.53 Å². The molecular formula is C31H34N8O2. The van der Waals surface area contributed by atoms with Gasteiger partial charge in [-0.2, -0.15) is 4.98 Å². The molecule has 210 valence electrons. The van der Waals surface area contributed by atoms with Crippen LogP contribution in [0.15, 0.2) is 61.3 Å². The molecule has 1 amide bonds. The van der Waals surface area contributed by atoms with Crippen molar-refractivity contribution in [2.45, 2.75) is 31.3 Å². The average molecular weight is 551 g/mol. The van der Waals surface area contributed by atoms with Gasteiger partial charge in [0.05, 0.1) is 11.9 Å². The molecule has 0 spiro atoms. The number of ether oxygens (including phenoxy) is 1. The van der Waals surface area contributed by atoms with Gasteiger partial charge in [-0.15, -0.1) is 5.10 Å². The van der Waals surface area contributed by atoms with Gasteiger partial charge in [0.2, 0.25) is 12.5 Å². The molecule has 10 heteroatoms. The van der Waals surface area contributed by atoms with Crippen LogP contribution >= 0.6 is 0 Å². The third-order valence-electron chi connectivity index (χ3n) is 8.27. The molecule has 0 saturated carbocycles. The van der Waals surface area contributed by atoms with E-state index in [4.69, 9.17) is 26.4 Å². The Balaban J connectivity index is 1.37.